The van der Waals surface area contributed by atoms with Crippen molar-refractivity contribution in [2.45, 2.75) is 19.1 Å². The van der Waals surface area contributed by atoms with Crippen molar-refractivity contribution in [3.63, 3.8) is 0 Å². The normalized spacial score (nSPS) is 15.4. The fraction of sp³-hybridized carbons (Fsp3) is 0.750. The molecular weight excluding hydrogens is 198 g/mol. The van der Waals surface area contributed by atoms with Crippen molar-refractivity contribution in [2.75, 3.05) is 0 Å². The van der Waals surface area contributed by atoms with Crippen LogP contribution in [-0.4, -0.2) is 73.8 Å². The summed E-state index contributed by atoms with van der Waals surface area (Å²) in [6.07, 6.45) is -0.979. The number of hydrogen-bond acceptors (Lipinski definition) is 3. The van der Waals surface area contributed by atoms with E-state index in [9.17, 15) is 4.79 Å². The standard InChI is InChI=1S/C4H9NO3.Sr.2H/c1-2(6)3(5)4(7)8;;;/h2-3,6H,5H2,1H3,(H,7,8);;;/t2-,3+;;;/m1.../s1. The molecule has 0 saturated carbocycles. The molecule has 0 aliphatic carbocycles. The van der Waals surface area contributed by atoms with E-state index in [2.05, 4.69) is 0 Å². The molecule has 0 saturated heterocycles. The van der Waals surface area contributed by atoms with Gasteiger partial charge < -0.3 is 15.9 Å². The number of carboxylic acid groups (broad SMARTS) is 1. The van der Waals surface area contributed by atoms with Crippen molar-refractivity contribution < 1.29 is 15.0 Å². The summed E-state index contributed by atoms with van der Waals surface area (Å²) in [5.41, 5.74) is 4.91. The van der Waals surface area contributed by atoms with Gasteiger partial charge in [0.1, 0.15) is 6.04 Å². The van der Waals surface area contributed by atoms with Crippen LogP contribution < -0.4 is 5.73 Å². The molecule has 4 nitrogen and oxygen atoms in total. The van der Waals surface area contributed by atoms with E-state index in [1.165, 1.54) is 6.92 Å². The van der Waals surface area contributed by atoms with E-state index in [0.29, 0.717) is 0 Å². The maximum absolute atomic E-state index is 9.86. The fourth-order valence-corrected chi connectivity index (χ4v) is 0.206. The average molecular weight is 209 g/mol. The number of aliphatic hydroxyl groups is 1. The molecule has 0 rings (SSSR count). The quantitative estimate of drug-likeness (QED) is 0.453. The number of nitrogens with two attached hydrogens (primary N) is 1. The minimum atomic E-state index is -1.18. The molecule has 0 bridgehead atoms. The molecule has 0 aromatic carbocycles. The van der Waals surface area contributed by atoms with Gasteiger partial charge in [-0.3, -0.25) is 4.79 Å². The maximum atomic E-state index is 9.86. The van der Waals surface area contributed by atoms with Crippen molar-refractivity contribution in [1.82, 2.24) is 0 Å². The summed E-state index contributed by atoms with van der Waals surface area (Å²) in [4.78, 5) is 9.86. The zero-order valence-corrected chi connectivity index (χ0v) is 4.53. The predicted octanol–water partition coefficient (Wildman–Crippen LogP) is -2.14. The molecule has 5 heteroatoms. The van der Waals surface area contributed by atoms with Gasteiger partial charge >= 0.3 is 51.5 Å². The van der Waals surface area contributed by atoms with Crippen molar-refractivity contribution >= 4 is 51.5 Å². The third kappa shape index (κ3) is 5.32. The molecule has 2 atom stereocenters. The summed E-state index contributed by atoms with van der Waals surface area (Å²) in [6.45, 7) is 1.33. The van der Waals surface area contributed by atoms with E-state index in [1.54, 1.807) is 0 Å². The number of hydrogen-bond donors (Lipinski definition) is 3. The molecule has 0 aromatic rings. The molecular formula is C4H11NO3Sr. The van der Waals surface area contributed by atoms with Gasteiger partial charge in [-0.15, -0.1) is 0 Å². The third-order valence-corrected chi connectivity index (χ3v) is 0.805. The Morgan fingerprint density at radius 3 is 2.00 bits per heavy atom. The Hall–Kier alpha value is 0.871. The second kappa shape index (κ2) is 5.64. The topological polar surface area (TPSA) is 83.5 Å². The van der Waals surface area contributed by atoms with E-state index in [1.807, 2.05) is 0 Å². The fourth-order valence-electron chi connectivity index (χ4n) is 0.206. The van der Waals surface area contributed by atoms with Gasteiger partial charge in [0.15, 0.2) is 0 Å². The van der Waals surface area contributed by atoms with Gasteiger partial charge in [-0.1, -0.05) is 0 Å². The van der Waals surface area contributed by atoms with E-state index >= 15 is 0 Å². The molecule has 0 heterocycles. The Morgan fingerprint density at radius 1 is 1.67 bits per heavy atom. The van der Waals surface area contributed by atoms with Crippen LogP contribution >= 0.6 is 0 Å². The molecule has 0 aliphatic rings. The molecule has 4 N–H and O–H groups in total. The van der Waals surface area contributed by atoms with E-state index in [-0.39, 0.29) is 45.5 Å². The van der Waals surface area contributed by atoms with Crippen molar-refractivity contribution in [2.24, 2.45) is 5.73 Å². The van der Waals surface area contributed by atoms with Gasteiger partial charge in [-0.2, -0.15) is 0 Å². The van der Waals surface area contributed by atoms with Crippen LogP contribution in [0.3, 0.4) is 0 Å². The summed E-state index contributed by atoms with van der Waals surface area (Å²) in [5, 5.41) is 16.6. The summed E-state index contributed by atoms with van der Waals surface area (Å²) >= 11 is 0. The molecule has 0 fully saturated rings. The van der Waals surface area contributed by atoms with Crippen molar-refractivity contribution in [3.8, 4) is 0 Å². The zero-order chi connectivity index (χ0) is 6.73. The first-order chi connectivity index (χ1) is 3.55. The van der Waals surface area contributed by atoms with Crippen LogP contribution in [0.1, 0.15) is 6.92 Å². The van der Waals surface area contributed by atoms with Gasteiger partial charge in [0.2, 0.25) is 0 Å². The summed E-state index contributed by atoms with van der Waals surface area (Å²) < 4.78 is 0. The summed E-state index contributed by atoms with van der Waals surface area (Å²) in [6, 6.07) is -1.16. The van der Waals surface area contributed by atoms with Crippen LogP contribution in [0.5, 0.6) is 0 Å². The number of aliphatic carboxylic acids is 1. The molecule has 0 spiro atoms. The van der Waals surface area contributed by atoms with E-state index < -0.39 is 18.1 Å². The number of carboxylic acids is 1. The number of rotatable bonds is 2. The Bertz CT molecular complexity index is 95.8. The van der Waals surface area contributed by atoms with E-state index in [0.717, 1.165) is 0 Å². The molecule has 0 aliphatic heterocycles. The van der Waals surface area contributed by atoms with Gasteiger partial charge in [0, 0.05) is 0 Å². The molecule has 0 radical (unpaired) electrons. The van der Waals surface area contributed by atoms with Crippen molar-refractivity contribution in [1.29, 1.82) is 0 Å². The average Bonchev–Trinajstić information content (AvgIpc) is 1.64. The Balaban J connectivity index is 0. The second-order valence-corrected chi connectivity index (χ2v) is 1.60. The summed E-state index contributed by atoms with van der Waals surface area (Å²) in [7, 11) is 0. The second-order valence-electron chi connectivity index (χ2n) is 1.60. The van der Waals surface area contributed by atoms with Crippen LogP contribution in [0, 0.1) is 0 Å². The molecule has 52 valence electrons. The van der Waals surface area contributed by atoms with Crippen LogP contribution in [0.15, 0.2) is 0 Å². The Kier molecular flexibility index (Phi) is 7.86. The molecule has 0 unspecified atom stereocenters. The van der Waals surface area contributed by atoms with Crippen LogP contribution in [0.2, 0.25) is 0 Å². The Labute approximate surface area is 90.3 Å². The summed E-state index contributed by atoms with van der Waals surface area (Å²) in [5.74, 6) is -1.18. The molecule has 0 amide bonds. The zero-order valence-electron chi connectivity index (χ0n) is 4.53. The van der Waals surface area contributed by atoms with Crippen LogP contribution in [0.25, 0.3) is 0 Å². The number of aliphatic hydroxyl groups excluding tert-OH is 1. The van der Waals surface area contributed by atoms with E-state index in [4.69, 9.17) is 15.9 Å². The SMILES string of the molecule is C[C@@H](O)[C@H](N)C(=O)O.[SrH2]. The Morgan fingerprint density at radius 2 is 2.00 bits per heavy atom. The number of carbonyl (C=O) groups is 1. The third-order valence-electron chi connectivity index (χ3n) is 0.805. The van der Waals surface area contributed by atoms with Gasteiger partial charge in [-0.05, 0) is 6.92 Å². The van der Waals surface area contributed by atoms with Crippen LogP contribution in [0.4, 0.5) is 0 Å². The first-order valence-electron chi connectivity index (χ1n) is 2.22. The first-order valence-corrected chi connectivity index (χ1v) is 2.22. The monoisotopic (exact) mass is 209 g/mol. The predicted molar refractivity (Wildman–Crippen MR) is 35.8 cm³/mol. The van der Waals surface area contributed by atoms with Gasteiger partial charge in [0.25, 0.3) is 0 Å². The molecule has 9 heavy (non-hydrogen) atoms. The first kappa shape index (κ1) is 12.5. The van der Waals surface area contributed by atoms with Gasteiger partial charge in [-0.25, -0.2) is 0 Å². The minimum absolute atomic E-state index is 0. The molecule has 0 aromatic heterocycles. The van der Waals surface area contributed by atoms with Crippen LogP contribution in [-0.2, 0) is 4.79 Å². The van der Waals surface area contributed by atoms with Crippen molar-refractivity contribution in [3.05, 3.63) is 0 Å². The van der Waals surface area contributed by atoms with Gasteiger partial charge in [0.05, 0.1) is 6.10 Å².